The largest absolute Gasteiger partial charge is 0.496 e. The summed E-state index contributed by atoms with van der Waals surface area (Å²) in [6.07, 6.45) is -2.77. The van der Waals surface area contributed by atoms with E-state index < -0.39 is 17.8 Å². The highest BCUT2D eigenvalue weighted by Crippen LogP contribution is 2.38. The number of hydrogen-bond donors (Lipinski definition) is 1. The average Bonchev–Trinajstić information content (AvgIpc) is 3.22. The number of nitrogens with zero attached hydrogens (tertiary/aromatic N) is 2. The van der Waals surface area contributed by atoms with Gasteiger partial charge in [0.25, 0.3) is 0 Å². The van der Waals surface area contributed by atoms with Gasteiger partial charge in [-0.2, -0.15) is 13.2 Å². The van der Waals surface area contributed by atoms with Crippen molar-refractivity contribution in [1.29, 1.82) is 0 Å². The highest BCUT2D eigenvalue weighted by molar-refractivity contribution is 5.91. The average molecular weight is 466 g/mol. The first-order valence-corrected chi connectivity index (χ1v) is 10.4. The van der Waals surface area contributed by atoms with E-state index >= 15 is 0 Å². The van der Waals surface area contributed by atoms with Crippen LogP contribution in [-0.4, -0.2) is 43.5 Å². The lowest BCUT2D eigenvalue weighted by Crippen LogP contribution is -2.20. The Balaban J connectivity index is 1.67. The highest BCUT2D eigenvalue weighted by atomic mass is 19.4. The number of hydrogen-bond acceptors (Lipinski definition) is 6. The van der Waals surface area contributed by atoms with Crippen molar-refractivity contribution in [1.82, 2.24) is 5.16 Å². The van der Waals surface area contributed by atoms with Crippen LogP contribution >= 0.6 is 0 Å². The van der Waals surface area contributed by atoms with E-state index in [-0.39, 0.29) is 22.3 Å². The zero-order valence-corrected chi connectivity index (χ0v) is 18.5. The molecule has 0 aliphatic rings. The summed E-state index contributed by atoms with van der Waals surface area (Å²) in [6.45, 7) is 2.85. The van der Waals surface area contributed by atoms with Crippen LogP contribution in [0.1, 0.15) is 41.4 Å². The van der Waals surface area contributed by atoms with Gasteiger partial charge in [0.2, 0.25) is 0 Å². The fourth-order valence-electron chi connectivity index (χ4n) is 3.57. The number of rotatable bonds is 10. The van der Waals surface area contributed by atoms with Crippen molar-refractivity contribution in [2.45, 2.75) is 32.4 Å². The van der Waals surface area contributed by atoms with Crippen molar-refractivity contribution in [3.05, 3.63) is 47.2 Å². The molecule has 0 atom stereocenters. The van der Waals surface area contributed by atoms with E-state index in [1.54, 1.807) is 12.1 Å². The van der Waals surface area contributed by atoms with Crippen LogP contribution in [-0.2, 0) is 12.6 Å². The Bertz CT molecular complexity index is 1130. The molecule has 0 amide bonds. The van der Waals surface area contributed by atoms with Crippen LogP contribution in [0.2, 0.25) is 0 Å². The molecule has 0 saturated carbocycles. The molecular formula is C23H25F3N2O5. The second-order valence-corrected chi connectivity index (χ2v) is 7.51. The maximum Gasteiger partial charge on any atom is 0.437 e. The molecule has 3 aromatic rings. The number of carboxylic acids is 1. The molecular weight excluding hydrogens is 441 g/mol. The molecule has 178 valence electrons. The molecule has 1 heterocycles. The third kappa shape index (κ3) is 5.32. The lowest BCUT2D eigenvalue weighted by atomic mass is 10.0. The summed E-state index contributed by atoms with van der Waals surface area (Å²) in [4.78, 5) is 13.2. The number of anilines is 1. The maximum absolute atomic E-state index is 13.1. The topological polar surface area (TPSA) is 85.0 Å². The van der Waals surface area contributed by atoms with Crippen molar-refractivity contribution >= 4 is 22.6 Å². The number of methoxy groups -OCH3 is 1. The van der Waals surface area contributed by atoms with Crippen molar-refractivity contribution in [3.63, 3.8) is 0 Å². The molecule has 1 aromatic heterocycles. The summed E-state index contributed by atoms with van der Waals surface area (Å²) in [5.74, 6) is -0.321. The van der Waals surface area contributed by atoms with Crippen molar-refractivity contribution in [2.75, 3.05) is 32.2 Å². The van der Waals surface area contributed by atoms with Gasteiger partial charge >= 0.3 is 12.1 Å². The molecule has 3 rings (SSSR count). The van der Waals surface area contributed by atoms with Gasteiger partial charge in [0.15, 0.2) is 11.3 Å². The van der Waals surface area contributed by atoms with Crippen molar-refractivity contribution < 1.29 is 37.1 Å². The summed E-state index contributed by atoms with van der Waals surface area (Å²) in [5.41, 5.74) is 0.501. The van der Waals surface area contributed by atoms with E-state index in [2.05, 4.69) is 5.16 Å². The molecule has 10 heteroatoms. The Morgan fingerprint density at radius 1 is 1.21 bits per heavy atom. The first kappa shape index (κ1) is 24.2. The standard InChI is InChI=1S/C23H25F3N2O5/c1-4-6-15-18(10-9-17-20(15)33-27-21(17)23(24,25)26)32-12-5-11-28(2)14-7-8-16(22(29)30)19(13-14)31-3/h7-10,13H,4-6,11-12H2,1-3H3,(H,29,30). The van der Waals surface area contributed by atoms with Crippen LogP contribution in [0.3, 0.4) is 0 Å². The highest BCUT2D eigenvalue weighted by Gasteiger charge is 2.37. The van der Waals surface area contributed by atoms with E-state index in [0.717, 1.165) is 5.69 Å². The van der Waals surface area contributed by atoms with Crippen LogP contribution in [0, 0.1) is 0 Å². The summed E-state index contributed by atoms with van der Waals surface area (Å²) >= 11 is 0. The molecule has 0 spiro atoms. The number of aryl methyl sites for hydroxylation is 1. The molecule has 33 heavy (non-hydrogen) atoms. The molecule has 0 fully saturated rings. The fourth-order valence-corrected chi connectivity index (χ4v) is 3.57. The minimum atomic E-state index is -4.59. The maximum atomic E-state index is 13.1. The minimum absolute atomic E-state index is 0.0724. The number of fused-ring (bicyclic) bond motifs is 1. The van der Waals surface area contributed by atoms with Gasteiger partial charge in [-0.3, -0.25) is 0 Å². The SMILES string of the molecule is CCCc1c(OCCCN(C)c2ccc(C(=O)O)c(OC)c2)ccc2c(C(F)(F)F)noc12. The van der Waals surface area contributed by atoms with Gasteiger partial charge in [-0.15, -0.1) is 0 Å². The zero-order valence-electron chi connectivity index (χ0n) is 18.5. The van der Waals surface area contributed by atoms with Gasteiger partial charge in [0.1, 0.15) is 17.1 Å². The Labute approximate surface area is 188 Å². The van der Waals surface area contributed by atoms with Gasteiger partial charge in [-0.1, -0.05) is 18.5 Å². The van der Waals surface area contributed by atoms with E-state index in [0.29, 0.717) is 43.7 Å². The number of alkyl halides is 3. The number of carbonyl (C=O) groups is 1. The van der Waals surface area contributed by atoms with E-state index in [1.165, 1.54) is 25.3 Å². The number of aromatic carboxylic acids is 1. The Morgan fingerprint density at radius 3 is 2.61 bits per heavy atom. The predicted molar refractivity (Wildman–Crippen MR) is 116 cm³/mol. The number of carboxylic acid groups (broad SMARTS) is 1. The molecule has 1 N–H and O–H groups in total. The summed E-state index contributed by atoms with van der Waals surface area (Å²) in [5, 5.41) is 12.4. The van der Waals surface area contributed by atoms with E-state index in [9.17, 15) is 23.1 Å². The normalized spacial score (nSPS) is 11.6. The van der Waals surface area contributed by atoms with Gasteiger partial charge < -0.3 is 24.0 Å². The molecule has 7 nitrogen and oxygen atoms in total. The first-order valence-electron chi connectivity index (χ1n) is 10.4. The minimum Gasteiger partial charge on any atom is -0.496 e. The van der Waals surface area contributed by atoms with Crippen LogP contribution < -0.4 is 14.4 Å². The first-order chi connectivity index (χ1) is 15.7. The zero-order chi connectivity index (χ0) is 24.2. The molecule has 0 aliphatic carbocycles. The lowest BCUT2D eigenvalue weighted by molar-refractivity contribution is -0.141. The molecule has 0 unspecified atom stereocenters. The van der Waals surface area contributed by atoms with Crippen LogP contribution in [0.25, 0.3) is 11.0 Å². The van der Waals surface area contributed by atoms with Crippen molar-refractivity contribution in [3.8, 4) is 11.5 Å². The summed E-state index contributed by atoms with van der Waals surface area (Å²) in [6, 6.07) is 7.69. The van der Waals surface area contributed by atoms with Gasteiger partial charge in [-0.05, 0) is 37.1 Å². The Hall–Kier alpha value is -3.43. The number of ether oxygens (including phenoxy) is 2. The summed E-state index contributed by atoms with van der Waals surface area (Å²) in [7, 11) is 3.27. The smallest absolute Gasteiger partial charge is 0.437 e. The van der Waals surface area contributed by atoms with Gasteiger partial charge in [0, 0.05) is 30.9 Å². The molecule has 0 radical (unpaired) electrons. The summed E-state index contributed by atoms with van der Waals surface area (Å²) < 4.78 is 55.5. The quantitative estimate of drug-likeness (QED) is 0.400. The number of aromatic nitrogens is 1. The lowest BCUT2D eigenvalue weighted by Gasteiger charge is -2.21. The monoisotopic (exact) mass is 466 g/mol. The molecule has 0 bridgehead atoms. The van der Waals surface area contributed by atoms with Crippen molar-refractivity contribution in [2.24, 2.45) is 0 Å². The molecule has 0 aliphatic heterocycles. The Kier molecular flexibility index (Phi) is 7.35. The van der Waals surface area contributed by atoms with E-state index in [1.807, 2.05) is 18.9 Å². The molecule has 2 aromatic carbocycles. The second-order valence-electron chi connectivity index (χ2n) is 7.51. The van der Waals surface area contributed by atoms with Gasteiger partial charge in [0.05, 0.1) is 19.1 Å². The third-order valence-electron chi connectivity index (χ3n) is 5.22. The van der Waals surface area contributed by atoms with Gasteiger partial charge in [-0.25, -0.2) is 4.79 Å². The molecule has 0 saturated heterocycles. The fraction of sp³-hybridized carbons (Fsp3) is 0.391. The number of benzene rings is 2. The van der Waals surface area contributed by atoms with Crippen LogP contribution in [0.4, 0.5) is 18.9 Å². The number of halogens is 3. The Morgan fingerprint density at radius 2 is 1.97 bits per heavy atom. The second kappa shape index (κ2) is 10.0. The van der Waals surface area contributed by atoms with Crippen LogP contribution in [0.15, 0.2) is 34.9 Å². The van der Waals surface area contributed by atoms with Crippen LogP contribution in [0.5, 0.6) is 11.5 Å². The predicted octanol–water partition coefficient (Wildman–Crippen LogP) is 5.41. The third-order valence-corrected chi connectivity index (χ3v) is 5.22. The van der Waals surface area contributed by atoms with E-state index in [4.69, 9.17) is 14.0 Å².